The minimum atomic E-state index is -3.62. The number of thiocarbonyl (C=S) groups is 1. The average Bonchev–Trinajstić information content (AvgIpc) is 2.75. The van der Waals surface area contributed by atoms with Crippen LogP contribution in [0, 0.1) is 0 Å². The van der Waals surface area contributed by atoms with Crippen molar-refractivity contribution in [2.75, 3.05) is 21.5 Å². The molecule has 0 spiro atoms. The number of nitrogens with zero attached hydrogens (tertiary/aromatic N) is 1. The fourth-order valence-corrected chi connectivity index (χ4v) is 5.45. The van der Waals surface area contributed by atoms with Crippen molar-refractivity contribution in [1.82, 2.24) is 0 Å². The van der Waals surface area contributed by atoms with Gasteiger partial charge < -0.3 is 10.6 Å². The molecule has 1 aliphatic rings. The van der Waals surface area contributed by atoms with Gasteiger partial charge in [-0.2, -0.15) is 0 Å². The first-order chi connectivity index (χ1) is 14.4. The van der Waals surface area contributed by atoms with Crippen molar-refractivity contribution < 1.29 is 8.42 Å². The lowest BCUT2D eigenvalue weighted by molar-refractivity contribution is 0.586. The lowest BCUT2D eigenvalue weighted by Gasteiger charge is -2.30. The summed E-state index contributed by atoms with van der Waals surface area (Å²) < 4.78 is 28.9. The maximum atomic E-state index is 13.2. The summed E-state index contributed by atoms with van der Waals surface area (Å²) in [7, 11) is -3.62. The van der Waals surface area contributed by atoms with Crippen molar-refractivity contribution in [2.24, 2.45) is 0 Å². The standard InChI is InChI=1S/C22H20BrN3O2S2/c23-17-7-9-18(10-8-17)24-22(29)25-19-11-13-20(14-12-19)30(27,28)26-15-3-5-16-4-1-2-6-21(16)26/h1-2,4,6-14H,3,5,15H2,(H2,24,25,29). The molecule has 2 N–H and O–H groups in total. The number of fused-ring (bicyclic) bond motifs is 1. The summed E-state index contributed by atoms with van der Waals surface area (Å²) in [5, 5.41) is 6.61. The van der Waals surface area contributed by atoms with E-state index in [9.17, 15) is 8.42 Å². The predicted octanol–water partition coefficient (Wildman–Crippen LogP) is 5.40. The highest BCUT2D eigenvalue weighted by Gasteiger charge is 2.28. The molecule has 30 heavy (non-hydrogen) atoms. The van der Waals surface area contributed by atoms with Crippen LogP contribution >= 0.6 is 28.1 Å². The Morgan fingerprint density at radius 2 is 1.50 bits per heavy atom. The van der Waals surface area contributed by atoms with E-state index in [1.807, 2.05) is 48.5 Å². The van der Waals surface area contributed by atoms with Crippen molar-refractivity contribution in [3.8, 4) is 0 Å². The van der Waals surface area contributed by atoms with Gasteiger partial charge in [0.2, 0.25) is 0 Å². The number of rotatable bonds is 4. The topological polar surface area (TPSA) is 61.4 Å². The molecule has 0 radical (unpaired) electrons. The third-order valence-electron chi connectivity index (χ3n) is 4.87. The Morgan fingerprint density at radius 1 is 0.900 bits per heavy atom. The molecule has 0 unspecified atom stereocenters. The van der Waals surface area contributed by atoms with Crippen LogP contribution in [0.15, 0.2) is 82.2 Å². The quantitative estimate of drug-likeness (QED) is 0.468. The van der Waals surface area contributed by atoms with Gasteiger partial charge in [0.25, 0.3) is 10.0 Å². The number of para-hydroxylation sites is 1. The van der Waals surface area contributed by atoms with E-state index in [0.717, 1.165) is 34.3 Å². The highest BCUT2D eigenvalue weighted by Crippen LogP contribution is 2.32. The van der Waals surface area contributed by atoms with Gasteiger partial charge in [-0.3, -0.25) is 4.31 Å². The second-order valence-corrected chi connectivity index (χ2v) is 10.1. The minimum Gasteiger partial charge on any atom is -0.332 e. The predicted molar refractivity (Wildman–Crippen MR) is 130 cm³/mol. The molecule has 3 aromatic carbocycles. The maximum Gasteiger partial charge on any atom is 0.264 e. The van der Waals surface area contributed by atoms with Crippen molar-refractivity contribution in [3.63, 3.8) is 0 Å². The summed E-state index contributed by atoms with van der Waals surface area (Å²) in [5.41, 5.74) is 3.40. The molecule has 0 saturated carbocycles. The summed E-state index contributed by atoms with van der Waals surface area (Å²) in [6, 6.07) is 22.0. The van der Waals surface area contributed by atoms with Gasteiger partial charge in [0.15, 0.2) is 5.11 Å². The van der Waals surface area contributed by atoms with Crippen LogP contribution in [0.25, 0.3) is 0 Å². The van der Waals surface area contributed by atoms with E-state index >= 15 is 0 Å². The first-order valence-electron chi connectivity index (χ1n) is 9.48. The molecule has 154 valence electrons. The molecule has 1 aliphatic heterocycles. The number of nitrogens with one attached hydrogen (secondary N) is 2. The van der Waals surface area contributed by atoms with E-state index in [1.165, 1.54) is 4.31 Å². The van der Waals surface area contributed by atoms with Crippen LogP contribution in [0.2, 0.25) is 0 Å². The van der Waals surface area contributed by atoms with Crippen LogP contribution < -0.4 is 14.9 Å². The Kier molecular flexibility index (Phi) is 6.08. The average molecular weight is 502 g/mol. The molecule has 3 aromatic rings. The molecular weight excluding hydrogens is 482 g/mol. The number of hydrogen-bond acceptors (Lipinski definition) is 3. The third kappa shape index (κ3) is 4.50. The van der Waals surface area contributed by atoms with Crippen LogP contribution in [-0.4, -0.2) is 20.1 Å². The van der Waals surface area contributed by atoms with Gasteiger partial charge in [0.05, 0.1) is 10.6 Å². The van der Waals surface area contributed by atoms with E-state index in [2.05, 4.69) is 26.6 Å². The van der Waals surface area contributed by atoms with E-state index in [-0.39, 0.29) is 4.90 Å². The Balaban J connectivity index is 1.48. The molecule has 4 rings (SSSR count). The third-order valence-corrected chi connectivity index (χ3v) is 7.43. The van der Waals surface area contributed by atoms with Crippen molar-refractivity contribution >= 4 is 60.3 Å². The van der Waals surface area contributed by atoms with Gasteiger partial charge in [0, 0.05) is 22.4 Å². The lowest BCUT2D eigenvalue weighted by atomic mass is 10.0. The van der Waals surface area contributed by atoms with Gasteiger partial charge in [-0.1, -0.05) is 34.1 Å². The summed E-state index contributed by atoms with van der Waals surface area (Å²) in [6.45, 7) is 0.487. The highest BCUT2D eigenvalue weighted by molar-refractivity contribution is 9.10. The van der Waals surface area contributed by atoms with Crippen molar-refractivity contribution in [1.29, 1.82) is 0 Å². The molecule has 5 nitrogen and oxygen atoms in total. The van der Waals surface area contributed by atoms with E-state index < -0.39 is 10.0 Å². The SMILES string of the molecule is O=S(=O)(c1ccc(NC(=S)Nc2ccc(Br)cc2)cc1)N1CCCc2ccccc21. The Bertz CT molecular complexity index is 1160. The van der Waals surface area contributed by atoms with Crippen LogP contribution in [-0.2, 0) is 16.4 Å². The number of hydrogen-bond donors (Lipinski definition) is 2. The summed E-state index contributed by atoms with van der Waals surface area (Å²) in [6.07, 6.45) is 1.71. The summed E-state index contributed by atoms with van der Waals surface area (Å²) in [4.78, 5) is 0.261. The monoisotopic (exact) mass is 501 g/mol. The van der Waals surface area contributed by atoms with Crippen LogP contribution in [0.5, 0.6) is 0 Å². The highest BCUT2D eigenvalue weighted by atomic mass is 79.9. The van der Waals surface area contributed by atoms with E-state index in [1.54, 1.807) is 24.3 Å². The fourth-order valence-electron chi connectivity index (χ4n) is 3.41. The smallest absolute Gasteiger partial charge is 0.264 e. The maximum absolute atomic E-state index is 13.2. The van der Waals surface area contributed by atoms with Gasteiger partial charge in [-0.15, -0.1) is 0 Å². The molecule has 0 fully saturated rings. The molecule has 0 aliphatic carbocycles. The summed E-state index contributed by atoms with van der Waals surface area (Å²) in [5.74, 6) is 0. The van der Waals surface area contributed by atoms with E-state index in [4.69, 9.17) is 12.2 Å². The largest absolute Gasteiger partial charge is 0.332 e. The fraction of sp³-hybridized carbons (Fsp3) is 0.136. The van der Waals surface area contributed by atoms with Crippen LogP contribution in [0.1, 0.15) is 12.0 Å². The number of halogens is 1. The van der Waals surface area contributed by atoms with Gasteiger partial charge >= 0.3 is 0 Å². The Morgan fingerprint density at radius 3 is 2.17 bits per heavy atom. The normalized spacial score (nSPS) is 13.4. The van der Waals surface area contributed by atoms with Crippen LogP contribution in [0.3, 0.4) is 0 Å². The molecule has 0 saturated heterocycles. The van der Waals surface area contributed by atoms with Gasteiger partial charge in [0.1, 0.15) is 0 Å². The first kappa shape index (κ1) is 20.8. The van der Waals surface area contributed by atoms with Crippen LogP contribution in [0.4, 0.5) is 17.1 Å². The zero-order valence-electron chi connectivity index (χ0n) is 16.0. The molecule has 0 aromatic heterocycles. The molecule has 0 atom stereocenters. The Labute approximate surface area is 190 Å². The second-order valence-electron chi connectivity index (χ2n) is 6.92. The van der Waals surface area contributed by atoms with E-state index in [0.29, 0.717) is 17.3 Å². The Hall–Kier alpha value is -2.42. The zero-order valence-corrected chi connectivity index (χ0v) is 19.2. The minimum absolute atomic E-state index is 0.261. The van der Waals surface area contributed by atoms with Crippen molar-refractivity contribution in [2.45, 2.75) is 17.7 Å². The molecule has 8 heteroatoms. The number of anilines is 3. The molecule has 0 amide bonds. The van der Waals surface area contributed by atoms with Gasteiger partial charge in [-0.05, 0) is 85.2 Å². The summed E-state index contributed by atoms with van der Waals surface area (Å²) >= 11 is 8.74. The molecule has 1 heterocycles. The number of sulfonamides is 1. The van der Waals surface area contributed by atoms with Gasteiger partial charge in [-0.25, -0.2) is 8.42 Å². The first-order valence-corrected chi connectivity index (χ1v) is 12.1. The van der Waals surface area contributed by atoms with Crippen molar-refractivity contribution in [3.05, 3.63) is 82.8 Å². The second kappa shape index (κ2) is 8.75. The molecular formula is C22H20BrN3O2S2. The lowest BCUT2D eigenvalue weighted by Crippen LogP contribution is -2.35. The number of benzene rings is 3. The number of aryl methyl sites for hydroxylation is 1. The zero-order chi connectivity index (χ0) is 21.1. The molecule has 0 bridgehead atoms.